The standard InChI is InChI=1S/C28H24FN3O4/c1-15(2)27-26(25-20(28(33)34)4-3-5-24(25)36-19-13-35-14-19)21-11-22-16(12-30-31-22)10-23(21)32(27)18-8-6-17(29)7-9-18/h3-12,15,19H,13-14H2,1-2H3,(H,30,31)(H,33,34). The lowest BCUT2D eigenvalue weighted by molar-refractivity contribution is -0.0794. The number of halogens is 1. The Hall–Kier alpha value is -4.17. The molecule has 2 N–H and O–H groups in total. The molecule has 1 aliphatic rings. The van der Waals surface area contributed by atoms with E-state index in [1.165, 1.54) is 12.1 Å². The van der Waals surface area contributed by atoms with E-state index >= 15 is 0 Å². The van der Waals surface area contributed by atoms with Crippen molar-refractivity contribution in [1.29, 1.82) is 0 Å². The largest absolute Gasteiger partial charge is 0.485 e. The predicted molar refractivity (Wildman–Crippen MR) is 135 cm³/mol. The molecule has 2 aromatic heterocycles. The third-order valence-corrected chi connectivity index (χ3v) is 6.60. The van der Waals surface area contributed by atoms with Crippen LogP contribution in [0.25, 0.3) is 38.6 Å². The minimum atomic E-state index is -1.04. The molecule has 3 aromatic carbocycles. The van der Waals surface area contributed by atoms with E-state index in [9.17, 15) is 14.3 Å². The average Bonchev–Trinajstić information content (AvgIpc) is 3.42. The van der Waals surface area contributed by atoms with Crippen molar-refractivity contribution in [3.05, 3.63) is 77.9 Å². The summed E-state index contributed by atoms with van der Waals surface area (Å²) in [6, 6.07) is 15.4. The molecule has 0 radical (unpaired) electrons. The SMILES string of the molecule is CC(C)c1c(-c2c(OC3COC3)cccc2C(=O)O)c2cc3[nH]ncc3cc2n1-c1ccc(F)cc1. The van der Waals surface area contributed by atoms with Gasteiger partial charge >= 0.3 is 5.97 Å². The number of carboxylic acid groups (broad SMARTS) is 1. The van der Waals surface area contributed by atoms with E-state index in [-0.39, 0.29) is 23.4 Å². The highest BCUT2D eigenvalue weighted by Gasteiger charge is 2.30. The molecule has 0 amide bonds. The summed E-state index contributed by atoms with van der Waals surface area (Å²) >= 11 is 0. The number of carbonyl (C=O) groups is 1. The van der Waals surface area contributed by atoms with Crippen LogP contribution in [0.3, 0.4) is 0 Å². The molecule has 0 aliphatic carbocycles. The van der Waals surface area contributed by atoms with Crippen molar-refractivity contribution in [3.63, 3.8) is 0 Å². The Morgan fingerprint density at radius 2 is 1.94 bits per heavy atom. The highest BCUT2D eigenvalue weighted by Crippen LogP contribution is 2.46. The molecule has 0 atom stereocenters. The molecule has 0 saturated carbocycles. The van der Waals surface area contributed by atoms with Crippen molar-refractivity contribution in [1.82, 2.24) is 14.8 Å². The van der Waals surface area contributed by atoms with E-state index in [0.29, 0.717) is 24.5 Å². The highest BCUT2D eigenvalue weighted by atomic mass is 19.1. The van der Waals surface area contributed by atoms with Crippen LogP contribution in [0.1, 0.15) is 35.8 Å². The molecule has 0 unspecified atom stereocenters. The van der Waals surface area contributed by atoms with E-state index in [4.69, 9.17) is 9.47 Å². The van der Waals surface area contributed by atoms with E-state index in [1.54, 1.807) is 36.5 Å². The van der Waals surface area contributed by atoms with Crippen molar-refractivity contribution in [2.75, 3.05) is 13.2 Å². The number of hydrogen-bond donors (Lipinski definition) is 2. The second-order valence-electron chi connectivity index (χ2n) is 9.31. The Balaban J connectivity index is 1.76. The van der Waals surface area contributed by atoms with Gasteiger partial charge in [-0.25, -0.2) is 9.18 Å². The Bertz CT molecular complexity index is 1610. The summed E-state index contributed by atoms with van der Waals surface area (Å²) in [5.41, 5.74) is 4.82. The molecule has 0 bridgehead atoms. The van der Waals surface area contributed by atoms with Crippen LogP contribution in [0.2, 0.25) is 0 Å². The van der Waals surface area contributed by atoms with E-state index in [0.717, 1.165) is 38.8 Å². The molecule has 6 rings (SSSR count). The van der Waals surface area contributed by atoms with Gasteiger partial charge in [0.15, 0.2) is 0 Å². The summed E-state index contributed by atoms with van der Waals surface area (Å²) in [5, 5.41) is 19.2. The van der Waals surface area contributed by atoms with Gasteiger partial charge in [0.05, 0.1) is 36.0 Å². The molecule has 5 aromatic rings. The summed E-state index contributed by atoms with van der Waals surface area (Å²) in [4.78, 5) is 12.5. The van der Waals surface area contributed by atoms with Crippen molar-refractivity contribution < 1.29 is 23.8 Å². The maximum absolute atomic E-state index is 13.9. The van der Waals surface area contributed by atoms with Crippen molar-refractivity contribution in [2.24, 2.45) is 0 Å². The first-order chi connectivity index (χ1) is 17.4. The van der Waals surface area contributed by atoms with Gasteiger partial charge < -0.3 is 19.1 Å². The van der Waals surface area contributed by atoms with Gasteiger partial charge in [-0.15, -0.1) is 0 Å². The lowest BCUT2D eigenvalue weighted by Gasteiger charge is -2.28. The predicted octanol–water partition coefficient (Wildman–Crippen LogP) is 5.91. The number of fused-ring (bicyclic) bond motifs is 2. The van der Waals surface area contributed by atoms with Gasteiger partial charge in [-0.05, 0) is 54.4 Å². The first-order valence-corrected chi connectivity index (χ1v) is 11.8. The minimum absolute atomic E-state index is 0.00402. The van der Waals surface area contributed by atoms with Crippen LogP contribution in [0, 0.1) is 5.82 Å². The molecule has 7 nitrogen and oxygen atoms in total. The first-order valence-electron chi connectivity index (χ1n) is 11.8. The van der Waals surface area contributed by atoms with Gasteiger partial charge in [-0.1, -0.05) is 19.9 Å². The van der Waals surface area contributed by atoms with Crippen LogP contribution < -0.4 is 4.74 Å². The number of aromatic amines is 1. The highest BCUT2D eigenvalue weighted by molar-refractivity contribution is 6.10. The number of H-pyrrole nitrogens is 1. The molecule has 3 heterocycles. The van der Waals surface area contributed by atoms with Crippen molar-refractivity contribution in [3.8, 4) is 22.6 Å². The number of benzene rings is 3. The number of aromatic carboxylic acids is 1. The number of hydrogen-bond acceptors (Lipinski definition) is 4. The Labute approximate surface area is 206 Å². The molecule has 36 heavy (non-hydrogen) atoms. The topological polar surface area (TPSA) is 89.4 Å². The summed E-state index contributed by atoms with van der Waals surface area (Å²) < 4.78 is 27.5. The van der Waals surface area contributed by atoms with Gasteiger partial charge in [0.2, 0.25) is 0 Å². The maximum Gasteiger partial charge on any atom is 0.336 e. The Morgan fingerprint density at radius 1 is 1.17 bits per heavy atom. The fourth-order valence-electron chi connectivity index (χ4n) is 4.95. The second-order valence-corrected chi connectivity index (χ2v) is 9.31. The molecule has 0 spiro atoms. The fourth-order valence-corrected chi connectivity index (χ4v) is 4.95. The molecule has 182 valence electrons. The minimum Gasteiger partial charge on any atom is -0.485 e. The molecule has 1 fully saturated rings. The zero-order chi connectivity index (χ0) is 25.0. The second kappa shape index (κ2) is 8.49. The zero-order valence-corrected chi connectivity index (χ0v) is 19.8. The molecular formula is C28H24FN3O4. The van der Waals surface area contributed by atoms with Crippen LogP contribution in [-0.4, -0.2) is 45.2 Å². The maximum atomic E-state index is 13.9. The first kappa shape index (κ1) is 22.3. The van der Waals surface area contributed by atoms with E-state index in [1.807, 2.05) is 12.1 Å². The Morgan fingerprint density at radius 3 is 2.61 bits per heavy atom. The quantitative estimate of drug-likeness (QED) is 0.312. The van der Waals surface area contributed by atoms with Gasteiger partial charge in [0.1, 0.15) is 17.7 Å². The summed E-state index contributed by atoms with van der Waals surface area (Å²) in [6.07, 6.45) is 1.61. The number of rotatable bonds is 6. The van der Waals surface area contributed by atoms with Crippen LogP contribution in [0.15, 0.2) is 60.8 Å². The zero-order valence-electron chi connectivity index (χ0n) is 19.8. The molecule has 8 heteroatoms. The lowest BCUT2D eigenvalue weighted by atomic mass is 9.92. The molecule has 1 saturated heterocycles. The molecule has 1 aliphatic heterocycles. The molecular weight excluding hydrogens is 461 g/mol. The van der Waals surface area contributed by atoms with Crippen LogP contribution in [0.4, 0.5) is 4.39 Å². The number of nitrogens with zero attached hydrogens (tertiary/aromatic N) is 2. The number of aromatic nitrogens is 3. The number of nitrogens with one attached hydrogen (secondary N) is 1. The Kier molecular flexibility index (Phi) is 5.26. The van der Waals surface area contributed by atoms with Gasteiger partial charge in [0, 0.05) is 33.3 Å². The summed E-state index contributed by atoms with van der Waals surface area (Å²) in [7, 11) is 0. The van der Waals surface area contributed by atoms with Crippen molar-refractivity contribution >= 4 is 27.8 Å². The van der Waals surface area contributed by atoms with Gasteiger partial charge in [-0.3, -0.25) is 5.10 Å². The lowest BCUT2D eigenvalue weighted by Crippen LogP contribution is -2.38. The van der Waals surface area contributed by atoms with Crippen LogP contribution in [0.5, 0.6) is 5.75 Å². The normalized spacial score (nSPS) is 14.0. The van der Waals surface area contributed by atoms with E-state index < -0.39 is 5.97 Å². The third kappa shape index (κ3) is 3.53. The third-order valence-electron chi connectivity index (χ3n) is 6.60. The van der Waals surface area contributed by atoms with Crippen LogP contribution >= 0.6 is 0 Å². The smallest absolute Gasteiger partial charge is 0.336 e. The number of ether oxygens (including phenoxy) is 2. The average molecular weight is 486 g/mol. The fraction of sp³-hybridized carbons (Fsp3) is 0.214. The summed E-state index contributed by atoms with van der Waals surface area (Å²) in [5.74, 6) is -0.877. The monoisotopic (exact) mass is 485 g/mol. The van der Waals surface area contributed by atoms with Crippen molar-refractivity contribution in [2.45, 2.75) is 25.9 Å². The number of carboxylic acids is 1. The van der Waals surface area contributed by atoms with Crippen LogP contribution in [-0.2, 0) is 4.74 Å². The van der Waals surface area contributed by atoms with Gasteiger partial charge in [0.25, 0.3) is 0 Å². The summed E-state index contributed by atoms with van der Waals surface area (Å²) in [6.45, 7) is 5.05. The van der Waals surface area contributed by atoms with E-state index in [2.05, 4.69) is 28.6 Å². The van der Waals surface area contributed by atoms with Gasteiger partial charge in [-0.2, -0.15) is 5.10 Å².